The lowest BCUT2D eigenvalue weighted by atomic mass is 9.85. The minimum Gasteiger partial charge on any atom is -0.0616 e. The van der Waals surface area contributed by atoms with Crippen LogP contribution < -0.4 is 0 Å². The van der Waals surface area contributed by atoms with Crippen LogP contribution in [-0.2, 0) is 0 Å². The monoisotopic (exact) mass is 604 g/mol. The summed E-state index contributed by atoms with van der Waals surface area (Å²) in [6.45, 7) is 0. The SMILES string of the molecule is c1ccc2c(C3=C4C(=C(c5cccc6c5ccc5ccccc56)c5c4ccc4ccccc54)c4ccc5ccccc5c43)cccc2c1. The molecule has 0 heterocycles. The molecule has 0 fully saturated rings. The van der Waals surface area contributed by atoms with E-state index in [4.69, 9.17) is 0 Å². The third-order valence-electron chi connectivity index (χ3n) is 10.8. The Labute approximate surface area is 278 Å². The number of fused-ring (bicyclic) bond motifs is 13. The minimum atomic E-state index is 1.26. The second kappa shape index (κ2) is 9.64. The molecule has 0 aromatic heterocycles. The Morgan fingerprint density at radius 3 is 1.19 bits per heavy atom. The zero-order chi connectivity index (χ0) is 31.3. The molecule has 0 saturated heterocycles. The number of rotatable bonds is 2. The Bertz CT molecular complexity index is 2930. The van der Waals surface area contributed by atoms with E-state index in [0.717, 1.165) is 0 Å². The van der Waals surface area contributed by atoms with Crippen LogP contribution in [0.4, 0.5) is 0 Å². The second-order valence-electron chi connectivity index (χ2n) is 13.1. The van der Waals surface area contributed by atoms with E-state index in [1.807, 2.05) is 0 Å². The Hall–Kier alpha value is -6.24. The third-order valence-corrected chi connectivity index (χ3v) is 10.8. The van der Waals surface area contributed by atoms with Crippen LogP contribution in [0.25, 0.3) is 76.2 Å². The van der Waals surface area contributed by atoms with Crippen molar-refractivity contribution in [2.45, 2.75) is 0 Å². The first kappa shape index (κ1) is 25.9. The predicted octanol–water partition coefficient (Wildman–Crippen LogP) is 12.7. The van der Waals surface area contributed by atoms with E-state index < -0.39 is 0 Å². The second-order valence-corrected chi connectivity index (χ2v) is 13.1. The zero-order valence-corrected chi connectivity index (χ0v) is 26.2. The number of hydrogen-bond donors (Lipinski definition) is 0. The summed E-state index contributed by atoms with van der Waals surface area (Å²) in [6.07, 6.45) is 0. The van der Waals surface area contributed by atoms with Gasteiger partial charge in [0.25, 0.3) is 0 Å². The van der Waals surface area contributed by atoms with Crippen molar-refractivity contribution in [1.82, 2.24) is 0 Å². The van der Waals surface area contributed by atoms with E-state index in [1.165, 1.54) is 110 Å². The van der Waals surface area contributed by atoms with Crippen LogP contribution in [0, 0.1) is 0 Å². The molecule has 48 heavy (non-hydrogen) atoms. The zero-order valence-electron chi connectivity index (χ0n) is 26.2. The van der Waals surface area contributed by atoms with Gasteiger partial charge in [0, 0.05) is 0 Å². The summed E-state index contributed by atoms with van der Waals surface area (Å²) in [5.41, 5.74) is 13.3. The average Bonchev–Trinajstić information content (AvgIpc) is 3.67. The predicted molar refractivity (Wildman–Crippen MR) is 205 cm³/mol. The molecule has 9 aromatic rings. The van der Waals surface area contributed by atoms with Gasteiger partial charge in [-0.3, -0.25) is 0 Å². The van der Waals surface area contributed by atoms with Gasteiger partial charge in [0.15, 0.2) is 0 Å². The van der Waals surface area contributed by atoms with Crippen molar-refractivity contribution in [2.24, 2.45) is 0 Å². The van der Waals surface area contributed by atoms with Crippen LogP contribution in [0.3, 0.4) is 0 Å². The fourth-order valence-electron chi connectivity index (χ4n) is 8.78. The van der Waals surface area contributed by atoms with E-state index >= 15 is 0 Å². The summed E-state index contributed by atoms with van der Waals surface area (Å²) < 4.78 is 0. The van der Waals surface area contributed by atoms with Gasteiger partial charge in [-0.1, -0.05) is 170 Å². The molecule has 0 unspecified atom stereocenters. The standard InChI is InChI=1S/C48H28/c1-6-17-34-29(11-1)15-9-21-39(34)45-43-35-18-7-3-13-31(35)24-27-41(43)48-46(44-36-19-8-4-14-32(36)25-28-42(44)47(45)48)40-22-10-20-37-33-16-5-2-12-30(33)23-26-38(37)40/h1-28H. The van der Waals surface area contributed by atoms with Gasteiger partial charge in [-0.05, 0) is 110 Å². The molecule has 2 aliphatic carbocycles. The molecule has 0 atom stereocenters. The molecule has 0 spiro atoms. The summed E-state index contributed by atoms with van der Waals surface area (Å²) in [6, 6.07) is 63.2. The summed E-state index contributed by atoms with van der Waals surface area (Å²) in [5.74, 6) is 0. The van der Waals surface area contributed by atoms with E-state index in [9.17, 15) is 0 Å². The van der Waals surface area contributed by atoms with E-state index in [-0.39, 0.29) is 0 Å². The molecule has 0 saturated carbocycles. The first-order chi connectivity index (χ1) is 23.8. The smallest absolute Gasteiger partial charge is 0.000695 e. The number of benzene rings is 9. The summed E-state index contributed by atoms with van der Waals surface area (Å²) in [7, 11) is 0. The highest BCUT2D eigenvalue weighted by Gasteiger charge is 2.39. The van der Waals surface area contributed by atoms with Crippen LogP contribution in [0.1, 0.15) is 33.4 Å². The van der Waals surface area contributed by atoms with Gasteiger partial charge < -0.3 is 0 Å². The van der Waals surface area contributed by atoms with Gasteiger partial charge in [0.05, 0.1) is 0 Å². The van der Waals surface area contributed by atoms with Gasteiger partial charge in [-0.2, -0.15) is 0 Å². The molecule has 0 heteroatoms. The normalized spacial score (nSPS) is 13.7. The molecule has 0 aliphatic heterocycles. The van der Waals surface area contributed by atoms with Crippen LogP contribution in [0.2, 0.25) is 0 Å². The average molecular weight is 605 g/mol. The van der Waals surface area contributed by atoms with Gasteiger partial charge in [0.1, 0.15) is 0 Å². The van der Waals surface area contributed by atoms with Crippen molar-refractivity contribution >= 4 is 76.2 Å². The largest absolute Gasteiger partial charge is 0.0616 e. The maximum Gasteiger partial charge on any atom is -0.000695 e. The lowest BCUT2D eigenvalue weighted by Gasteiger charge is -2.17. The molecule has 9 aromatic carbocycles. The molecule has 0 radical (unpaired) electrons. The summed E-state index contributed by atoms with van der Waals surface area (Å²) in [5, 5.41) is 12.9. The molecular weight excluding hydrogens is 577 g/mol. The molecular formula is C48H28. The van der Waals surface area contributed by atoms with Crippen LogP contribution in [0.15, 0.2) is 170 Å². The highest BCUT2D eigenvalue weighted by Crippen LogP contribution is 2.61. The van der Waals surface area contributed by atoms with Crippen molar-refractivity contribution in [1.29, 1.82) is 0 Å². The van der Waals surface area contributed by atoms with Crippen LogP contribution in [-0.4, -0.2) is 0 Å². The Balaban J connectivity index is 1.38. The molecule has 0 amide bonds. The maximum atomic E-state index is 2.39. The summed E-state index contributed by atoms with van der Waals surface area (Å²) >= 11 is 0. The fraction of sp³-hybridized carbons (Fsp3) is 0. The Kier molecular flexibility index (Phi) is 5.20. The quantitative estimate of drug-likeness (QED) is 0.172. The lowest BCUT2D eigenvalue weighted by molar-refractivity contribution is 1.59. The highest BCUT2D eigenvalue weighted by molar-refractivity contribution is 6.40. The Morgan fingerprint density at radius 1 is 0.188 bits per heavy atom. The van der Waals surface area contributed by atoms with Gasteiger partial charge >= 0.3 is 0 Å². The fourth-order valence-corrected chi connectivity index (χ4v) is 8.78. The van der Waals surface area contributed by atoms with E-state index in [1.54, 1.807) is 0 Å². The topological polar surface area (TPSA) is 0 Å². The van der Waals surface area contributed by atoms with Crippen molar-refractivity contribution in [3.8, 4) is 0 Å². The van der Waals surface area contributed by atoms with Crippen molar-refractivity contribution < 1.29 is 0 Å². The maximum absolute atomic E-state index is 2.39. The highest BCUT2D eigenvalue weighted by atomic mass is 14.4. The molecule has 220 valence electrons. The molecule has 2 aliphatic rings. The molecule has 0 N–H and O–H groups in total. The van der Waals surface area contributed by atoms with E-state index in [2.05, 4.69) is 170 Å². The first-order valence-corrected chi connectivity index (χ1v) is 16.8. The van der Waals surface area contributed by atoms with Crippen molar-refractivity contribution in [3.05, 3.63) is 203 Å². The van der Waals surface area contributed by atoms with Crippen LogP contribution >= 0.6 is 0 Å². The van der Waals surface area contributed by atoms with Crippen molar-refractivity contribution in [2.75, 3.05) is 0 Å². The molecule has 0 nitrogen and oxygen atoms in total. The van der Waals surface area contributed by atoms with Crippen LogP contribution in [0.5, 0.6) is 0 Å². The molecule has 11 rings (SSSR count). The molecule has 0 bridgehead atoms. The van der Waals surface area contributed by atoms with Crippen molar-refractivity contribution in [3.63, 3.8) is 0 Å². The third kappa shape index (κ3) is 3.39. The lowest BCUT2D eigenvalue weighted by Crippen LogP contribution is -1.96. The Morgan fingerprint density at radius 2 is 0.583 bits per heavy atom. The van der Waals surface area contributed by atoms with Gasteiger partial charge in [-0.25, -0.2) is 0 Å². The number of hydrogen-bond acceptors (Lipinski definition) is 0. The first-order valence-electron chi connectivity index (χ1n) is 16.8. The van der Waals surface area contributed by atoms with Gasteiger partial charge in [0.2, 0.25) is 0 Å². The van der Waals surface area contributed by atoms with Gasteiger partial charge in [-0.15, -0.1) is 0 Å². The minimum absolute atomic E-state index is 1.26. The number of allylic oxidation sites excluding steroid dienone is 2. The summed E-state index contributed by atoms with van der Waals surface area (Å²) in [4.78, 5) is 0. The van der Waals surface area contributed by atoms with E-state index in [0.29, 0.717) is 0 Å².